The fourth-order valence-corrected chi connectivity index (χ4v) is 3.33. The van der Waals surface area contributed by atoms with Crippen LogP contribution in [0.4, 0.5) is 27.8 Å². The second kappa shape index (κ2) is 10.0. The Morgan fingerprint density at radius 2 is 1.82 bits per heavy atom. The van der Waals surface area contributed by atoms with Gasteiger partial charge in [0.2, 0.25) is 0 Å². The first-order valence-corrected chi connectivity index (χ1v) is 10.2. The SMILES string of the molecule is C=C(/N=C(\C=C(/N)c1ccc(F)c(F)c1)N1CCN(c2ncccc2C(F)(F)F)CC1)C(C)=O. The number of allylic oxidation sites excluding steroid dienone is 1. The minimum Gasteiger partial charge on any atom is -0.398 e. The predicted molar refractivity (Wildman–Crippen MR) is 119 cm³/mol. The summed E-state index contributed by atoms with van der Waals surface area (Å²) >= 11 is 0. The number of anilines is 1. The van der Waals surface area contributed by atoms with Crippen molar-refractivity contribution in [3.8, 4) is 0 Å². The number of Topliss-reactive ketones (excluding diaryl/α,β-unsaturated/α-hetero) is 1. The molecule has 0 bridgehead atoms. The van der Waals surface area contributed by atoms with E-state index in [9.17, 15) is 26.7 Å². The van der Waals surface area contributed by atoms with Crippen LogP contribution in [-0.2, 0) is 11.0 Å². The number of benzene rings is 1. The molecule has 6 nitrogen and oxygen atoms in total. The van der Waals surface area contributed by atoms with Gasteiger partial charge in [-0.05, 0) is 30.3 Å². The normalized spacial score (nSPS) is 15.5. The third-order valence-electron chi connectivity index (χ3n) is 5.19. The van der Waals surface area contributed by atoms with E-state index in [0.717, 1.165) is 18.2 Å². The lowest BCUT2D eigenvalue weighted by Crippen LogP contribution is -2.49. The molecule has 3 rings (SSSR count). The number of alkyl halides is 3. The summed E-state index contributed by atoms with van der Waals surface area (Å²) < 4.78 is 67.0. The van der Waals surface area contributed by atoms with E-state index in [0.29, 0.717) is 0 Å². The Labute approximate surface area is 192 Å². The molecule has 0 saturated carbocycles. The van der Waals surface area contributed by atoms with Gasteiger partial charge in [0.1, 0.15) is 17.4 Å². The molecule has 0 amide bonds. The van der Waals surface area contributed by atoms with Gasteiger partial charge in [0.15, 0.2) is 17.4 Å². The van der Waals surface area contributed by atoms with Crippen LogP contribution in [0.1, 0.15) is 18.1 Å². The molecule has 1 aromatic heterocycles. The van der Waals surface area contributed by atoms with Crippen LogP contribution >= 0.6 is 0 Å². The van der Waals surface area contributed by atoms with Crippen molar-refractivity contribution in [1.82, 2.24) is 9.88 Å². The molecule has 2 aromatic rings. The summed E-state index contributed by atoms with van der Waals surface area (Å²) in [5, 5.41) is 0. The molecule has 1 aliphatic heterocycles. The van der Waals surface area contributed by atoms with Gasteiger partial charge in [0, 0.05) is 56.6 Å². The molecule has 1 aromatic carbocycles. The summed E-state index contributed by atoms with van der Waals surface area (Å²) in [6.07, 6.45) is -1.86. The minimum absolute atomic E-state index is 0.0560. The number of carbonyl (C=O) groups is 1. The highest BCUT2D eigenvalue weighted by Crippen LogP contribution is 2.35. The van der Waals surface area contributed by atoms with Crippen molar-refractivity contribution in [3.63, 3.8) is 0 Å². The fraction of sp³-hybridized carbons (Fsp3) is 0.261. The van der Waals surface area contributed by atoms with Crippen molar-refractivity contribution in [2.45, 2.75) is 13.1 Å². The quantitative estimate of drug-likeness (QED) is 0.304. The number of nitrogens with zero attached hydrogens (tertiary/aromatic N) is 4. The maximum absolute atomic E-state index is 13.6. The summed E-state index contributed by atoms with van der Waals surface area (Å²) in [5.41, 5.74) is 5.43. The van der Waals surface area contributed by atoms with Gasteiger partial charge in [-0.2, -0.15) is 13.2 Å². The smallest absolute Gasteiger partial charge is 0.398 e. The van der Waals surface area contributed by atoms with Crippen LogP contribution in [0.15, 0.2) is 59.9 Å². The number of ketones is 1. The molecule has 180 valence electrons. The lowest BCUT2D eigenvalue weighted by molar-refractivity contribution is -0.137. The van der Waals surface area contributed by atoms with E-state index in [1.807, 2.05) is 0 Å². The van der Waals surface area contributed by atoms with E-state index in [1.54, 1.807) is 4.90 Å². The minimum atomic E-state index is -4.55. The first-order valence-electron chi connectivity index (χ1n) is 10.2. The molecule has 0 radical (unpaired) electrons. The Kier molecular flexibility index (Phi) is 7.33. The van der Waals surface area contributed by atoms with E-state index < -0.39 is 23.4 Å². The molecule has 0 unspecified atom stereocenters. The summed E-state index contributed by atoms with van der Waals surface area (Å²) in [6, 6.07) is 5.35. The van der Waals surface area contributed by atoms with Crippen LogP contribution in [0.25, 0.3) is 5.70 Å². The first-order chi connectivity index (χ1) is 16.0. The second-order valence-corrected chi connectivity index (χ2v) is 7.55. The third-order valence-corrected chi connectivity index (χ3v) is 5.19. The Hall–Kier alpha value is -3.76. The van der Waals surface area contributed by atoms with Gasteiger partial charge in [0.05, 0.1) is 5.56 Å². The van der Waals surface area contributed by atoms with Crippen LogP contribution in [0.3, 0.4) is 0 Å². The van der Waals surface area contributed by atoms with Crippen LogP contribution < -0.4 is 10.6 Å². The number of amidine groups is 1. The third kappa shape index (κ3) is 5.77. The molecule has 2 N–H and O–H groups in total. The van der Waals surface area contributed by atoms with E-state index in [1.165, 1.54) is 36.2 Å². The van der Waals surface area contributed by atoms with E-state index in [4.69, 9.17) is 5.73 Å². The Morgan fingerprint density at radius 3 is 2.41 bits per heavy atom. The summed E-state index contributed by atoms with van der Waals surface area (Å²) in [5.74, 6) is -2.44. The highest BCUT2D eigenvalue weighted by atomic mass is 19.4. The fourth-order valence-electron chi connectivity index (χ4n) is 3.33. The van der Waals surface area contributed by atoms with Crippen molar-refractivity contribution < 1.29 is 26.7 Å². The van der Waals surface area contributed by atoms with Gasteiger partial charge in [0.25, 0.3) is 0 Å². The number of halogens is 5. The maximum atomic E-state index is 13.6. The van der Waals surface area contributed by atoms with E-state index in [2.05, 4.69) is 16.6 Å². The zero-order valence-corrected chi connectivity index (χ0v) is 18.2. The Bertz CT molecular complexity index is 1150. The lowest BCUT2D eigenvalue weighted by Gasteiger charge is -2.37. The Balaban J connectivity index is 1.86. The topological polar surface area (TPSA) is 74.8 Å². The summed E-state index contributed by atoms with van der Waals surface area (Å²) in [4.78, 5) is 23.0. The standard InChI is InChI=1S/C23H22F5N5O/c1-14(15(2)34)31-21(13-20(29)16-5-6-18(24)19(25)12-16)32-8-10-33(11-9-32)22-17(23(26,27)28)4-3-7-30-22/h3-7,12-13H,1,8-11,29H2,2H3/b20-13-,31-21+. The van der Waals surface area contributed by atoms with Crippen molar-refractivity contribution in [3.05, 3.63) is 77.6 Å². The monoisotopic (exact) mass is 479 g/mol. The molecule has 1 aliphatic rings. The van der Waals surface area contributed by atoms with Crippen LogP contribution in [0, 0.1) is 11.6 Å². The molecular formula is C23H22F5N5O. The molecule has 11 heteroatoms. The zero-order valence-electron chi connectivity index (χ0n) is 18.2. The predicted octanol–water partition coefficient (Wildman–Crippen LogP) is 4.00. The number of piperazine rings is 1. The van der Waals surface area contributed by atoms with Gasteiger partial charge in [-0.15, -0.1) is 0 Å². The molecule has 2 heterocycles. The van der Waals surface area contributed by atoms with E-state index in [-0.39, 0.29) is 60.6 Å². The summed E-state index contributed by atoms with van der Waals surface area (Å²) in [6.45, 7) is 5.73. The number of hydrogen-bond donors (Lipinski definition) is 1. The number of rotatable bonds is 5. The highest BCUT2D eigenvalue weighted by molar-refractivity contribution is 6.03. The van der Waals surface area contributed by atoms with Crippen molar-refractivity contribution >= 4 is 23.1 Å². The molecule has 1 saturated heterocycles. The van der Waals surface area contributed by atoms with Crippen molar-refractivity contribution in [1.29, 1.82) is 0 Å². The van der Waals surface area contributed by atoms with Crippen molar-refractivity contribution in [2.75, 3.05) is 31.1 Å². The molecule has 1 fully saturated rings. The van der Waals surface area contributed by atoms with Gasteiger partial charge in [-0.1, -0.05) is 6.58 Å². The van der Waals surface area contributed by atoms with E-state index >= 15 is 0 Å². The van der Waals surface area contributed by atoms with Crippen LogP contribution in [0.2, 0.25) is 0 Å². The number of hydrogen-bond acceptors (Lipinski definition) is 5. The van der Waals surface area contributed by atoms with Crippen LogP contribution in [-0.4, -0.2) is 47.7 Å². The second-order valence-electron chi connectivity index (χ2n) is 7.55. The number of aromatic nitrogens is 1. The first kappa shape index (κ1) is 24.9. The largest absolute Gasteiger partial charge is 0.419 e. The van der Waals surface area contributed by atoms with Crippen LogP contribution in [0.5, 0.6) is 0 Å². The average Bonchev–Trinajstić information content (AvgIpc) is 2.79. The number of nitrogens with two attached hydrogens (primary N) is 1. The lowest BCUT2D eigenvalue weighted by atomic mass is 10.1. The molecule has 34 heavy (non-hydrogen) atoms. The van der Waals surface area contributed by atoms with Gasteiger partial charge >= 0.3 is 6.18 Å². The maximum Gasteiger partial charge on any atom is 0.419 e. The van der Waals surface area contributed by atoms with Gasteiger partial charge in [-0.25, -0.2) is 18.8 Å². The molecule has 0 spiro atoms. The molecule has 0 aliphatic carbocycles. The highest BCUT2D eigenvalue weighted by Gasteiger charge is 2.36. The molecular weight excluding hydrogens is 457 g/mol. The Morgan fingerprint density at radius 1 is 1.15 bits per heavy atom. The average molecular weight is 479 g/mol. The van der Waals surface area contributed by atoms with Crippen molar-refractivity contribution in [2.24, 2.45) is 10.7 Å². The number of aliphatic imine (C=N–C) groups is 1. The number of pyridine rings is 1. The zero-order chi connectivity index (χ0) is 25.0. The summed E-state index contributed by atoms with van der Waals surface area (Å²) in [7, 11) is 0. The van der Waals surface area contributed by atoms with Gasteiger partial charge < -0.3 is 15.5 Å². The molecule has 0 atom stereocenters. The number of carbonyl (C=O) groups excluding carboxylic acids is 1. The van der Waals surface area contributed by atoms with Gasteiger partial charge in [-0.3, -0.25) is 4.79 Å².